The van der Waals surface area contributed by atoms with E-state index in [1.165, 1.54) is 24.3 Å². The second-order valence-corrected chi connectivity index (χ2v) is 5.20. The van der Waals surface area contributed by atoms with Gasteiger partial charge in [-0.1, -0.05) is 18.2 Å². The SMILES string of the molecule is O=C(NCc1ccccc1OC(F)(F)F)c1ccc2c(c1)OCCO2. The summed E-state index contributed by atoms with van der Waals surface area (Å²) in [4.78, 5) is 12.2. The van der Waals surface area contributed by atoms with Crippen molar-refractivity contribution >= 4 is 5.91 Å². The number of hydrogen-bond donors (Lipinski definition) is 1. The third kappa shape index (κ3) is 4.34. The van der Waals surface area contributed by atoms with Crippen molar-refractivity contribution in [3.05, 3.63) is 53.6 Å². The molecule has 0 atom stereocenters. The second kappa shape index (κ2) is 6.92. The molecule has 1 heterocycles. The average Bonchev–Trinajstić information content (AvgIpc) is 2.59. The molecule has 0 unspecified atom stereocenters. The quantitative estimate of drug-likeness (QED) is 0.917. The minimum Gasteiger partial charge on any atom is -0.486 e. The molecule has 25 heavy (non-hydrogen) atoms. The van der Waals surface area contributed by atoms with Gasteiger partial charge >= 0.3 is 6.36 Å². The molecule has 0 bridgehead atoms. The van der Waals surface area contributed by atoms with Gasteiger partial charge in [-0.05, 0) is 24.3 Å². The first-order chi connectivity index (χ1) is 11.9. The molecule has 2 aromatic rings. The fourth-order valence-electron chi connectivity index (χ4n) is 2.34. The van der Waals surface area contributed by atoms with Crippen LogP contribution in [0.15, 0.2) is 42.5 Å². The van der Waals surface area contributed by atoms with E-state index in [2.05, 4.69) is 10.1 Å². The van der Waals surface area contributed by atoms with Crippen LogP contribution in [-0.2, 0) is 6.54 Å². The minimum atomic E-state index is -4.80. The summed E-state index contributed by atoms with van der Waals surface area (Å²) in [5, 5.41) is 2.57. The van der Waals surface area contributed by atoms with E-state index in [4.69, 9.17) is 9.47 Å². The number of fused-ring (bicyclic) bond motifs is 1. The average molecular weight is 353 g/mol. The molecule has 5 nitrogen and oxygen atoms in total. The third-order valence-electron chi connectivity index (χ3n) is 3.44. The number of benzene rings is 2. The zero-order chi connectivity index (χ0) is 17.9. The molecule has 8 heteroatoms. The van der Waals surface area contributed by atoms with Crippen LogP contribution in [0.5, 0.6) is 17.2 Å². The van der Waals surface area contributed by atoms with Gasteiger partial charge in [0.15, 0.2) is 11.5 Å². The minimum absolute atomic E-state index is 0.112. The van der Waals surface area contributed by atoms with Crippen molar-refractivity contribution < 1.29 is 32.2 Å². The number of hydrogen-bond acceptors (Lipinski definition) is 4. The van der Waals surface area contributed by atoms with E-state index in [9.17, 15) is 18.0 Å². The summed E-state index contributed by atoms with van der Waals surface area (Å²) < 4.78 is 52.0. The van der Waals surface area contributed by atoms with Crippen LogP contribution in [0.4, 0.5) is 13.2 Å². The Kier molecular flexibility index (Phi) is 4.69. The van der Waals surface area contributed by atoms with E-state index in [-0.39, 0.29) is 17.9 Å². The fourth-order valence-corrected chi connectivity index (χ4v) is 2.34. The lowest BCUT2D eigenvalue weighted by atomic mass is 10.1. The number of amides is 1. The maximum Gasteiger partial charge on any atom is 0.573 e. The van der Waals surface area contributed by atoms with Crippen molar-refractivity contribution in [1.82, 2.24) is 5.32 Å². The Morgan fingerprint density at radius 1 is 1.08 bits per heavy atom. The van der Waals surface area contributed by atoms with E-state index in [0.717, 1.165) is 0 Å². The lowest BCUT2D eigenvalue weighted by molar-refractivity contribution is -0.274. The van der Waals surface area contributed by atoms with Crippen LogP contribution < -0.4 is 19.5 Å². The van der Waals surface area contributed by atoms with Gasteiger partial charge in [-0.15, -0.1) is 13.2 Å². The molecule has 1 aliphatic heterocycles. The highest BCUT2D eigenvalue weighted by molar-refractivity contribution is 5.94. The number of ether oxygens (including phenoxy) is 3. The number of para-hydroxylation sites is 1. The van der Waals surface area contributed by atoms with Crippen LogP contribution >= 0.6 is 0 Å². The van der Waals surface area contributed by atoms with Crippen molar-refractivity contribution in [3.8, 4) is 17.2 Å². The highest BCUT2D eigenvalue weighted by atomic mass is 19.4. The van der Waals surface area contributed by atoms with E-state index in [1.54, 1.807) is 18.2 Å². The smallest absolute Gasteiger partial charge is 0.486 e. The number of alkyl halides is 3. The van der Waals surface area contributed by atoms with Crippen molar-refractivity contribution in [2.75, 3.05) is 13.2 Å². The van der Waals surface area contributed by atoms with Gasteiger partial charge in [-0.2, -0.15) is 0 Å². The highest BCUT2D eigenvalue weighted by Gasteiger charge is 2.32. The predicted molar refractivity (Wildman–Crippen MR) is 81.7 cm³/mol. The molecule has 0 aliphatic carbocycles. The lowest BCUT2D eigenvalue weighted by Gasteiger charge is -2.18. The fraction of sp³-hybridized carbons (Fsp3) is 0.235. The number of carbonyl (C=O) groups is 1. The number of halogens is 3. The Morgan fingerprint density at radius 3 is 2.56 bits per heavy atom. The Morgan fingerprint density at radius 2 is 1.80 bits per heavy atom. The van der Waals surface area contributed by atoms with E-state index < -0.39 is 12.3 Å². The first kappa shape index (κ1) is 16.9. The Labute approximate surface area is 141 Å². The van der Waals surface area contributed by atoms with E-state index >= 15 is 0 Å². The molecule has 0 spiro atoms. The summed E-state index contributed by atoms with van der Waals surface area (Å²) in [6.07, 6.45) is -4.80. The van der Waals surface area contributed by atoms with E-state index in [1.807, 2.05) is 0 Å². The summed E-state index contributed by atoms with van der Waals surface area (Å²) >= 11 is 0. The zero-order valence-electron chi connectivity index (χ0n) is 12.9. The molecule has 0 saturated carbocycles. The molecule has 0 fully saturated rings. The Bertz CT molecular complexity index is 777. The Hall–Kier alpha value is -2.90. The standard InChI is InChI=1S/C17H14F3NO4/c18-17(19,20)25-13-4-2-1-3-12(13)10-21-16(22)11-5-6-14-15(9-11)24-8-7-23-14/h1-6,9H,7-8,10H2,(H,21,22). The van der Waals surface area contributed by atoms with Crippen LogP contribution in [0.25, 0.3) is 0 Å². The molecule has 3 rings (SSSR count). The summed E-state index contributed by atoms with van der Waals surface area (Å²) in [5.41, 5.74) is 0.532. The summed E-state index contributed by atoms with van der Waals surface area (Å²) in [7, 11) is 0. The topological polar surface area (TPSA) is 56.8 Å². The normalized spacial score (nSPS) is 13.2. The van der Waals surface area contributed by atoms with Crippen LogP contribution in [0.2, 0.25) is 0 Å². The van der Waals surface area contributed by atoms with Gasteiger partial charge in [0.2, 0.25) is 0 Å². The molecular formula is C17H14F3NO4. The first-order valence-corrected chi connectivity index (χ1v) is 7.44. The first-order valence-electron chi connectivity index (χ1n) is 7.44. The monoisotopic (exact) mass is 353 g/mol. The molecular weight excluding hydrogens is 339 g/mol. The summed E-state index contributed by atoms with van der Waals surface area (Å²) in [6.45, 7) is 0.717. The van der Waals surface area contributed by atoms with Gasteiger partial charge < -0.3 is 19.5 Å². The zero-order valence-corrected chi connectivity index (χ0v) is 12.9. The second-order valence-electron chi connectivity index (χ2n) is 5.20. The third-order valence-corrected chi connectivity index (χ3v) is 3.44. The van der Waals surface area contributed by atoms with Crippen LogP contribution in [0, 0.1) is 0 Å². The van der Waals surface area contributed by atoms with Gasteiger partial charge in [0.25, 0.3) is 5.91 Å². The largest absolute Gasteiger partial charge is 0.573 e. The van der Waals surface area contributed by atoms with Gasteiger partial charge in [0, 0.05) is 17.7 Å². The van der Waals surface area contributed by atoms with Gasteiger partial charge in [0.1, 0.15) is 19.0 Å². The van der Waals surface area contributed by atoms with Crippen LogP contribution in [-0.4, -0.2) is 25.5 Å². The van der Waals surface area contributed by atoms with Gasteiger partial charge in [-0.25, -0.2) is 0 Å². The molecule has 0 aromatic heterocycles. The van der Waals surface area contributed by atoms with Crippen molar-refractivity contribution in [1.29, 1.82) is 0 Å². The van der Waals surface area contributed by atoms with Gasteiger partial charge in [0.05, 0.1) is 0 Å². The maximum absolute atomic E-state index is 12.4. The number of rotatable bonds is 4. The predicted octanol–water partition coefficient (Wildman–Crippen LogP) is 3.29. The molecule has 1 amide bonds. The molecule has 1 aliphatic rings. The van der Waals surface area contributed by atoms with E-state index in [0.29, 0.717) is 30.3 Å². The summed E-state index contributed by atoms with van der Waals surface area (Å²) in [6, 6.07) is 10.3. The van der Waals surface area contributed by atoms with Crippen LogP contribution in [0.1, 0.15) is 15.9 Å². The molecule has 2 aromatic carbocycles. The molecule has 132 valence electrons. The lowest BCUT2D eigenvalue weighted by Crippen LogP contribution is -2.25. The van der Waals surface area contributed by atoms with Crippen molar-refractivity contribution in [3.63, 3.8) is 0 Å². The van der Waals surface area contributed by atoms with Crippen LogP contribution in [0.3, 0.4) is 0 Å². The number of carbonyl (C=O) groups excluding carboxylic acids is 1. The maximum atomic E-state index is 12.4. The van der Waals surface area contributed by atoms with Crippen molar-refractivity contribution in [2.24, 2.45) is 0 Å². The summed E-state index contributed by atoms with van der Waals surface area (Å²) in [5.74, 6) is 0.211. The number of nitrogens with one attached hydrogen (secondary N) is 1. The Balaban J connectivity index is 1.69. The highest BCUT2D eigenvalue weighted by Crippen LogP contribution is 2.31. The molecule has 0 saturated heterocycles. The molecule has 1 N–H and O–H groups in total. The van der Waals surface area contributed by atoms with Gasteiger partial charge in [-0.3, -0.25) is 4.79 Å². The van der Waals surface area contributed by atoms with Crippen molar-refractivity contribution in [2.45, 2.75) is 12.9 Å². The molecule has 0 radical (unpaired) electrons.